The van der Waals surface area contributed by atoms with Gasteiger partial charge in [-0.05, 0) is 134 Å². The molecule has 2 aromatic rings. The van der Waals surface area contributed by atoms with Gasteiger partial charge in [0, 0.05) is 0 Å². The maximum absolute atomic E-state index is 9.60. The van der Waals surface area contributed by atoms with Gasteiger partial charge in [0.2, 0.25) is 0 Å². The molecular formula is C45H72N2Pd. The number of rotatable bonds is 22. The molecule has 0 aliphatic heterocycles. The molecular weight excluding hydrogens is 675 g/mol. The molecule has 0 aliphatic carbocycles. The summed E-state index contributed by atoms with van der Waals surface area (Å²) in [7, 11) is 0. The van der Waals surface area contributed by atoms with Gasteiger partial charge in [-0.15, -0.1) is 4.79 Å². The molecule has 0 spiro atoms. The van der Waals surface area contributed by atoms with Gasteiger partial charge >= 0.3 is 73.2 Å². The van der Waals surface area contributed by atoms with Crippen LogP contribution in [0, 0.1) is 20.8 Å². The normalized spacial score (nSPS) is 11.5. The van der Waals surface area contributed by atoms with Crippen LogP contribution in [0.1, 0.15) is 183 Å². The van der Waals surface area contributed by atoms with E-state index in [1.165, 1.54) is 131 Å². The van der Waals surface area contributed by atoms with Crippen LogP contribution in [0.3, 0.4) is 0 Å². The van der Waals surface area contributed by atoms with Crippen molar-refractivity contribution in [1.29, 1.82) is 0 Å². The minimum atomic E-state index is 0.870. The Hall–Kier alpha value is -2.00. The monoisotopic (exact) mass is 746 g/mol. The fraction of sp³-hybridized carbons (Fsp3) is 0.644. The molecule has 272 valence electrons. The Morgan fingerprint density at radius 2 is 1.08 bits per heavy atom. The van der Waals surface area contributed by atoms with Gasteiger partial charge in [-0.1, -0.05) is 84.6 Å². The van der Waals surface area contributed by atoms with Crippen LogP contribution in [0.15, 0.2) is 35.4 Å². The summed E-state index contributed by atoms with van der Waals surface area (Å²) in [6.45, 7) is 22.6. The van der Waals surface area contributed by atoms with E-state index in [9.17, 15) is 5.53 Å². The summed E-state index contributed by atoms with van der Waals surface area (Å²) < 4.78 is 0. The number of unbranched alkanes of at least 4 members (excludes halogenated alkanes) is 6. The molecule has 2 nitrogen and oxygen atoms in total. The van der Waals surface area contributed by atoms with E-state index in [0.717, 1.165) is 62.1 Å². The van der Waals surface area contributed by atoms with Gasteiger partial charge in [0.05, 0.1) is 5.57 Å². The van der Waals surface area contributed by atoms with Crippen LogP contribution in [-0.2, 0) is 37.2 Å². The number of benzene rings is 2. The molecule has 2 rings (SSSR count). The first-order valence-corrected chi connectivity index (χ1v) is 21.8. The number of hydrogen-bond acceptors (Lipinski definition) is 0. The number of nitrogens with zero attached hydrogens (tertiary/aromatic N) is 2. The van der Waals surface area contributed by atoms with E-state index in [4.69, 9.17) is 0 Å². The van der Waals surface area contributed by atoms with Gasteiger partial charge in [-0.2, -0.15) is 0 Å². The molecule has 0 aromatic heterocycles. The molecule has 0 bridgehead atoms. The summed E-state index contributed by atoms with van der Waals surface area (Å²) >= 11 is 1.07. The number of aryl methyl sites for hydroxylation is 4. The molecule has 0 fully saturated rings. The van der Waals surface area contributed by atoms with E-state index < -0.39 is 0 Å². The van der Waals surface area contributed by atoms with Crippen molar-refractivity contribution in [2.24, 2.45) is 0 Å². The molecule has 0 aliphatic rings. The van der Waals surface area contributed by atoms with Crippen molar-refractivity contribution < 1.29 is 22.8 Å². The van der Waals surface area contributed by atoms with Gasteiger partial charge in [-0.25, -0.2) is 0 Å². The molecule has 3 heteroatoms. The Kier molecular flexibility index (Phi) is 24.6. The topological polar surface area (TPSA) is 36.4 Å². The van der Waals surface area contributed by atoms with Crippen LogP contribution in [0.4, 0.5) is 0 Å². The second-order valence-electron chi connectivity index (χ2n) is 13.5. The molecule has 0 atom stereocenters. The van der Waals surface area contributed by atoms with Crippen molar-refractivity contribution >= 4 is 11.4 Å². The quantitative estimate of drug-likeness (QED) is 0.0287. The van der Waals surface area contributed by atoms with Crippen molar-refractivity contribution in [3.63, 3.8) is 0 Å². The second-order valence-corrected chi connectivity index (χ2v) is 15.8. The predicted molar refractivity (Wildman–Crippen MR) is 210 cm³/mol. The van der Waals surface area contributed by atoms with Gasteiger partial charge in [-0.3, -0.25) is 0 Å². The average Bonchev–Trinajstić information content (AvgIpc) is 3.08. The Balaban J connectivity index is 0.00000112. The van der Waals surface area contributed by atoms with Gasteiger partial charge in [0.15, 0.2) is 0 Å². The molecule has 0 unspecified atom stereocenters. The summed E-state index contributed by atoms with van der Waals surface area (Å²) in [6, 6.07) is 9.75. The minimum absolute atomic E-state index is 0.870. The standard InChI is InChI=1S/C37H54N2.2C4H9.Pd/c1-9-14-18-30-24-34(25-31(19-15-10-2)36(30)21-17-12-4)37(33-22-27(6)29(8)28(7)23-33)35(13-5)32(26-39-38)20-16-11-3;2*1-3-4-2;/h22-25H,9-21H2,1-8H3;2*1,3-4H2,2H3;. The Labute approximate surface area is 306 Å². The SMILES string of the molecule is CCCCC(=C=[N+]=[N-])C(CC)=C(c1cc(C)c(C)c(C)c1)c1cc(CCCC)c(CCCC)c(CCCC)c1.CCC[CH2][Pd][CH2]CCC. The predicted octanol–water partition coefficient (Wildman–Crippen LogP) is 14.4. The molecule has 0 saturated heterocycles. The van der Waals surface area contributed by atoms with Crippen LogP contribution in [0.2, 0.25) is 9.79 Å². The third-order valence-corrected chi connectivity index (χ3v) is 11.7. The molecule has 0 radical (unpaired) electrons. The molecule has 2 aromatic carbocycles. The maximum atomic E-state index is 9.60. The van der Waals surface area contributed by atoms with Crippen molar-refractivity contribution in [1.82, 2.24) is 0 Å². The van der Waals surface area contributed by atoms with Gasteiger partial charge in [0.1, 0.15) is 0 Å². The van der Waals surface area contributed by atoms with Crippen molar-refractivity contribution in [3.05, 3.63) is 85.5 Å². The first kappa shape index (κ1) is 44.0. The molecule has 48 heavy (non-hydrogen) atoms. The number of allylic oxidation sites excluding steroid dienone is 2. The zero-order valence-electron chi connectivity index (χ0n) is 33.0. The zero-order valence-corrected chi connectivity index (χ0v) is 34.5. The summed E-state index contributed by atoms with van der Waals surface area (Å²) in [5.74, 6) is 3.01. The summed E-state index contributed by atoms with van der Waals surface area (Å²) in [5, 5.41) is 0. The van der Waals surface area contributed by atoms with E-state index in [1.807, 2.05) is 0 Å². The summed E-state index contributed by atoms with van der Waals surface area (Å²) in [5.41, 5.74) is 24.5. The third kappa shape index (κ3) is 15.3. The van der Waals surface area contributed by atoms with E-state index >= 15 is 0 Å². The second kappa shape index (κ2) is 26.8. The molecule has 0 N–H and O–H groups in total. The third-order valence-electron chi connectivity index (χ3n) is 9.46. The van der Waals surface area contributed by atoms with Crippen LogP contribution >= 0.6 is 0 Å². The van der Waals surface area contributed by atoms with Crippen molar-refractivity contribution in [2.75, 3.05) is 0 Å². The van der Waals surface area contributed by atoms with E-state index in [2.05, 4.69) is 104 Å². The average molecular weight is 748 g/mol. The van der Waals surface area contributed by atoms with Crippen LogP contribution in [0.25, 0.3) is 11.1 Å². The molecule has 0 saturated carbocycles. The van der Waals surface area contributed by atoms with Crippen LogP contribution < -0.4 is 0 Å². The van der Waals surface area contributed by atoms with E-state index in [-0.39, 0.29) is 0 Å². The van der Waals surface area contributed by atoms with Crippen LogP contribution in [-0.4, -0.2) is 10.7 Å². The van der Waals surface area contributed by atoms with E-state index in [1.54, 1.807) is 5.56 Å². The first-order valence-electron chi connectivity index (χ1n) is 19.6. The molecule has 0 amide bonds. The Bertz CT molecular complexity index is 1260. The van der Waals surface area contributed by atoms with Crippen molar-refractivity contribution in [3.8, 4) is 0 Å². The fourth-order valence-corrected chi connectivity index (χ4v) is 8.45. The molecule has 0 heterocycles. The first-order chi connectivity index (χ1) is 23.3. The summed E-state index contributed by atoms with van der Waals surface area (Å²) in [6.07, 6.45) is 20.3. The Morgan fingerprint density at radius 3 is 1.52 bits per heavy atom. The summed E-state index contributed by atoms with van der Waals surface area (Å²) in [4.78, 5) is 6.43. The van der Waals surface area contributed by atoms with Gasteiger partial charge in [0.25, 0.3) is 0 Å². The van der Waals surface area contributed by atoms with Crippen LogP contribution in [0.5, 0.6) is 0 Å². The Morgan fingerprint density at radius 1 is 0.625 bits per heavy atom. The zero-order chi connectivity index (χ0) is 35.7. The number of hydrogen-bond donors (Lipinski definition) is 0. The fourth-order valence-electron chi connectivity index (χ4n) is 6.18. The van der Waals surface area contributed by atoms with E-state index in [0.29, 0.717) is 0 Å². The van der Waals surface area contributed by atoms with Crippen molar-refractivity contribution in [2.45, 2.75) is 188 Å². The van der Waals surface area contributed by atoms with Gasteiger partial charge < -0.3 is 5.53 Å².